The van der Waals surface area contributed by atoms with E-state index in [1.807, 2.05) is 6.08 Å². The van der Waals surface area contributed by atoms with E-state index in [0.717, 1.165) is 51.4 Å². The van der Waals surface area contributed by atoms with Gasteiger partial charge in [0.1, 0.15) is 24.4 Å². The summed E-state index contributed by atoms with van der Waals surface area (Å²) in [6, 6.07) is -0.808. The van der Waals surface area contributed by atoms with Gasteiger partial charge in [0.05, 0.1) is 25.4 Å². The van der Waals surface area contributed by atoms with Gasteiger partial charge in [-0.05, 0) is 57.8 Å². The number of ether oxygens (including phenoxy) is 2. The summed E-state index contributed by atoms with van der Waals surface area (Å²) in [5.74, 6) is -0.171. The molecule has 1 amide bonds. The molecule has 0 aliphatic carbocycles. The molecule has 1 aliphatic rings. The van der Waals surface area contributed by atoms with Crippen LogP contribution >= 0.6 is 0 Å². The molecule has 1 aliphatic heterocycles. The van der Waals surface area contributed by atoms with E-state index in [1.54, 1.807) is 6.08 Å². The molecule has 0 radical (unpaired) electrons. The van der Waals surface area contributed by atoms with Gasteiger partial charge in [-0.15, -0.1) is 0 Å². The Hall–Kier alpha value is -1.85. The van der Waals surface area contributed by atoms with Gasteiger partial charge in [0.25, 0.3) is 0 Å². The van der Waals surface area contributed by atoms with Crippen molar-refractivity contribution in [2.24, 2.45) is 0 Å². The Bertz CT molecular complexity index is 1500. The van der Waals surface area contributed by atoms with E-state index in [0.29, 0.717) is 6.42 Å². The summed E-state index contributed by atoms with van der Waals surface area (Å²) in [5.41, 5.74) is 0. The van der Waals surface area contributed by atoms with Crippen LogP contribution in [0.5, 0.6) is 0 Å². The van der Waals surface area contributed by atoms with E-state index in [2.05, 4.69) is 55.6 Å². The summed E-state index contributed by atoms with van der Waals surface area (Å²) < 4.78 is 11.3. The minimum absolute atomic E-state index is 0.171. The zero-order chi connectivity index (χ0) is 62.1. The van der Waals surface area contributed by atoms with Gasteiger partial charge in [-0.25, -0.2) is 0 Å². The first kappa shape index (κ1) is 82.2. The number of carbonyl (C=O) groups is 1. The predicted molar refractivity (Wildman–Crippen MR) is 369 cm³/mol. The maximum atomic E-state index is 13.2. The van der Waals surface area contributed by atoms with Crippen LogP contribution in [0.25, 0.3) is 0 Å². The van der Waals surface area contributed by atoms with Crippen LogP contribution in [-0.4, -0.2) is 87.5 Å². The van der Waals surface area contributed by atoms with Gasteiger partial charge >= 0.3 is 0 Å². The van der Waals surface area contributed by atoms with Crippen LogP contribution in [-0.2, 0) is 14.3 Å². The van der Waals surface area contributed by atoms with Crippen LogP contribution in [0.1, 0.15) is 380 Å². The summed E-state index contributed by atoms with van der Waals surface area (Å²) in [5, 5.41) is 54.9. The maximum Gasteiger partial charge on any atom is 0.220 e. The van der Waals surface area contributed by atoms with Crippen LogP contribution in [0, 0.1) is 0 Å². The predicted octanol–water partition coefficient (Wildman–Crippen LogP) is 21.1. The Morgan fingerprint density at radius 2 is 0.686 bits per heavy atom. The first-order chi connectivity index (χ1) is 42.3. The van der Waals surface area contributed by atoms with Crippen molar-refractivity contribution < 1.29 is 39.8 Å². The quantitative estimate of drug-likeness (QED) is 0.0261. The van der Waals surface area contributed by atoms with Crippen molar-refractivity contribution in [3.8, 4) is 0 Å². The van der Waals surface area contributed by atoms with Crippen LogP contribution in [0.15, 0.2) is 48.6 Å². The largest absolute Gasteiger partial charge is 0.394 e. The van der Waals surface area contributed by atoms with E-state index in [1.165, 1.54) is 308 Å². The van der Waals surface area contributed by atoms with Gasteiger partial charge in [-0.2, -0.15) is 0 Å². The molecule has 7 unspecified atom stereocenters. The lowest BCUT2D eigenvalue weighted by Gasteiger charge is -2.40. The SMILES string of the molecule is CCCCCCC/C=C\C/C=C\C/C=C\CCCCCCCCCCCCCCCCCCC(=O)NC(COC1OC(CO)C(O)C(O)C1O)C(O)/C=C/CCCCCCCCCCCCCCCCCCCCCCCCCCCCCCCC. The smallest absolute Gasteiger partial charge is 0.220 e. The fourth-order valence-corrected chi connectivity index (χ4v) is 12.2. The molecule has 9 heteroatoms. The van der Waals surface area contributed by atoms with Crippen molar-refractivity contribution in [3.63, 3.8) is 0 Å². The third kappa shape index (κ3) is 53.9. The zero-order valence-electron chi connectivity index (χ0n) is 56.8. The number of aliphatic hydroxyl groups is 5. The zero-order valence-corrected chi connectivity index (χ0v) is 56.8. The van der Waals surface area contributed by atoms with E-state index >= 15 is 0 Å². The molecule has 1 fully saturated rings. The lowest BCUT2D eigenvalue weighted by Crippen LogP contribution is -2.60. The van der Waals surface area contributed by atoms with Gasteiger partial charge < -0.3 is 40.3 Å². The molecule has 6 N–H and O–H groups in total. The Morgan fingerprint density at radius 3 is 1.01 bits per heavy atom. The second kappa shape index (κ2) is 66.1. The highest BCUT2D eigenvalue weighted by atomic mass is 16.7. The number of carbonyl (C=O) groups excluding carboxylic acids is 1. The second-order valence-corrected chi connectivity index (χ2v) is 26.4. The number of hydrogen-bond donors (Lipinski definition) is 6. The Balaban J connectivity index is 2.10. The fourth-order valence-electron chi connectivity index (χ4n) is 12.2. The molecule has 1 heterocycles. The third-order valence-electron chi connectivity index (χ3n) is 18.1. The molecule has 9 nitrogen and oxygen atoms in total. The molecule has 0 bridgehead atoms. The summed E-state index contributed by atoms with van der Waals surface area (Å²) in [4.78, 5) is 13.2. The van der Waals surface area contributed by atoms with E-state index in [4.69, 9.17) is 9.47 Å². The average molecular weight is 1210 g/mol. The van der Waals surface area contributed by atoms with Gasteiger partial charge in [-0.3, -0.25) is 4.79 Å². The minimum Gasteiger partial charge on any atom is -0.394 e. The van der Waals surface area contributed by atoms with Crippen LogP contribution in [0.3, 0.4) is 0 Å². The highest BCUT2D eigenvalue weighted by Gasteiger charge is 2.44. The van der Waals surface area contributed by atoms with E-state index in [9.17, 15) is 30.3 Å². The standard InChI is InChI=1S/C77H145NO8/c1-3-5-7-9-11-13-15-17-19-21-23-25-27-29-31-33-35-37-38-40-42-44-46-48-50-52-54-56-58-60-62-64-66-71(80)70(69-85-77-76(84)75(83)74(82)72(68-79)86-77)78-73(81)67-65-63-61-59-57-55-53-51-49-47-45-43-41-39-36-34-32-30-28-26-24-22-20-18-16-14-12-10-8-6-4-2/h16,18,22,24,28,30,64,66,70-72,74-77,79-80,82-84H,3-15,17,19-21,23,25-27,29,31-63,65,67-69H2,1-2H3,(H,78,81)/b18-16-,24-22-,30-28-,66-64+. The number of allylic oxidation sites excluding steroid dienone is 7. The molecule has 0 aromatic heterocycles. The average Bonchev–Trinajstić information content (AvgIpc) is 3.59. The fraction of sp³-hybridized carbons (Fsp3) is 0.883. The van der Waals surface area contributed by atoms with Crippen LogP contribution in [0.2, 0.25) is 0 Å². The number of amides is 1. The third-order valence-corrected chi connectivity index (χ3v) is 18.1. The molecular formula is C77H145NO8. The Labute approximate surface area is 533 Å². The molecule has 0 aromatic carbocycles. The van der Waals surface area contributed by atoms with Gasteiger partial charge in [0.15, 0.2) is 6.29 Å². The Morgan fingerprint density at radius 1 is 0.395 bits per heavy atom. The molecule has 506 valence electrons. The van der Waals surface area contributed by atoms with Crippen LogP contribution < -0.4 is 5.32 Å². The van der Waals surface area contributed by atoms with Crippen LogP contribution in [0.4, 0.5) is 0 Å². The molecule has 0 spiro atoms. The lowest BCUT2D eigenvalue weighted by molar-refractivity contribution is -0.302. The van der Waals surface area contributed by atoms with Gasteiger partial charge in [0.2, 0.25) is 5.91 Å². The van der Waals surface area contributed by atoms with Gasteiger partial charge in [0, 0.05) is 6.42 Å². The molecule has 86 heavy (non-hydrogen) atoms. The lowest BCUT2D eigenvalue weighted by atomic mass is 9.99. The van der Waals surface area contributed by atoms with Crippen molar-refractivity contribution in [1.82, 2.24) is 5.32 Å². The number of aliphatic hydroxyl groups excluding tert-OH is 5. The van der Waals surface area contributed by atoms with Crippen molar-refractivity contribution in [1.29, 1.82) is 0 Å². The van der Waals surface area contributed by atoms with Gasteiger partial charge in [-0.1, -0.05) is 364 Å². The number of nitrogens with one attached hydrogen (secondary N) is 1. The van der Waals surface area contributed by atoms with E-state index < -0.39 is 49.5 Å². The minimum atomic E-state index is -1.57. The summed E-state index contributed by atoms with van der Waals surface area (Å²) >= 11 is 0. The van der Waals surface area contributed by atoms with Crippen molar-refractivity contribution in [3.05, 3.63) is 48.6 Å². The summed E-state index contributed by atoms with van der Waals surface area (Å²) in [6.07, 6.45) is 83.8. The van der Waals surface area contributed by atoms with Crippen molar-refractivity contribution in [2.45, 2.75) is 423 Å². The first-order valence-electron chi connectivity index (χ1n) is 37.9. The maximum absolute atomic E-state index is 13.2. The second-order valence-electron chi connectivity index (χ2n) is 26.4. The molecule has 0 saturated carbocycles. The molecule has 0 aromatic rings. The van der Waals surface area contributed by atoms with Crippen molar-refractivity contribution in [2.75, 3.05) is 13.2 Å². The number of unbranched alkanes of at least 4 members (excludes halogenated alkanes) is 51. The highest BCUT2D eigenvalue weighted by molar-refractivity contribution is 5.76. The van der Waals surface area contributed by atoms with Crippen molar-refractivity contribution >= 4 is 5.91 Å². The Kier molecular flexibility index (Phi) is 63.1. The number of rotatable bonds is 67. The normalized spacial score (nSPS) is 18.2. The first-order valence-corrected chi connectivity index (χ1v) is 37.9. The molecule has 1 rings (SSSR count). The highest BCUT2D eigenvalue weighted by Crippen LogP contribution is 2.24. The molecule has 7 atom stereocenters. The molecular weight excluding hydrogens is 1070 g/mol. The topological polar surface area (TPSA) is 149 Å². The number of hydrogen-bond acceptors (Lipinski definition) is 8. The van der Waals surface area contributed by atoms with E-state index in [-0.39, 0.29) is 12.5 Å². The monoisotopic (exact) mass is 1210 g/mol. The molecule has 1 saturated heterocycles. The summed E-state index contributed by atoms with van der Waals surface area (Å²) in [6.45, 7) is 3.82. The summed E-state index contributed by atoms with van der Waals surface area (Å²) in [7, 11) is 0.